The summed E-state index contributed by atoms with van der Waals surface area (Å²) < 4.78 is 5.35. The van der Waals surface area contributed by atoms with Crippen LogP contribution in [0.25, 0.3) is 0 Å². The number of likely N-dealkylation sites (tertiary alicyclic amines) is 1. The Hall–Kier alpha value is -2.33. The van der Waals surface area contributed by atoms with E-state index in [9.17, 15) is 4.79 Å². The molecule has 4 saturated heterocycles. The lowest BCUT2D eigenvalue weighted by Gasteiger charge is -2.51. The summed E-state index contributed by atoms with van der Waals surface area (Å²) in [6, 6.07) is 15.5. The number of methoxy groups -OCH3 is 1. The molecule has 4 fully saturated rings. The highest BCUT2D eigenvalue weighted by molar-refractivity contribution is 5.96. The van der Waals surface area contributed by atoms with Crippen molar-refractivity contribution in [1.82, 2.24) is 9.80 Å². The number of carbonyl (C=O) groups excluding carboxylic acids is 1. The van der Waals surface area contributed by atoms with Gasteiger partial charge in [0.15, 0.2) is 0 Å². The normalized spacial score (nSPS) is 30.3. The lowest BCUT2D eigenvalue weighted by Crippen LogP contribution is -2.60. The van der Waals surface area contributed by atoms with Crippen LogP contribution in [0.3, 0.4) is 0 Å². The molecule has 0 aromatic heterocycles. The minimum atomic E-state index is 0.214. The number of nitrogens with zero attached hydrogens (tertiary/aromatic N) is 2. The molecule has 1 amide bonds. The molecule has 4 heterocycles. The van der Waals surface area contributed by atoms with Crippen LogP contribution in [-0.4, -0.2) is 54.5 Å². The van der Waals surface area contributed by atoms with E-state index in [1.54, 1.807) is 7.11 Å². The molecule has 152 valence electrons. The number of aryl methyl sites for hydroxylation is 2. The molecule has 3 atom stereocenters. The number of rotatable bonds is 3. The van der Waals surface area contributed by atoms with Crippen LogP contribution in [0.1, 0.15) is 45.8 Å². The van der Waals surface area contributed by atoms with Crippen molar-refractivity contribution < 1.29 is 9.53 Å². The number of ether oxygens (including phenoxy) is 1. The van der Waals surface area contributed by atoms with Gasteiger partial charge >= 0.3 is 0 Å². The van der Waals surface area contributed by atoms with Gasteiger partial charge in [-0.25, -0.2) is 0 Å². The van der Waals surface area contributed by atoms with Crippen LogP contribution in [0.4, 0.5) is 0 Å². The van der Waals surface area contributed by atoms with Crippen molar-refractivity contribution >= 4 is 5.91 Å². The Morgan fingerprint density at radius 3 is 2.41 bits per heavy atom. The lowest BCUT2D eigenvalue weighted by atomic mass is 9.75. The third kappa shape index (κ3) is 3.05. The fourth-order valence-electron chi connectivity index (χ4n) is 5.92. The molecule has 2 aromatic rings. The smallest absolute Gasteiger partial charge is 0.254 e. The van der Waals surface area contributed by atoms with Crippen LogP contribution in [-0.2, 0) is 0 Å². The number of benzene rings is 2. The third-order valence-electron chi connectivity index (χ3n) is 7.42. The molecule has 6 rings (SSSR count). The molecule has 0 radical (unpaired) electrons. The molecule has 0 aliphatic carbocycles. The Bertz CT molecular complexity index is 915. The van der Waals surface area contributed by atoms with Crippen molar-refractivity contribution in [1.29, 1.82) is 0 Å². The zero-order chi connectivity index (χ0) is 20.1. The number of amides is 1. The Kier molecular flexibility index (Phi) is 4.62. The van der Waals surface area contributed by atoms with E-state index in [4.69, 9.17) is 4.74 Å². The highest BCUT2D eigenvalue weighted by Crippen LogP contribution is 2.47. The van der Waals surface area contributed by atoms with Crippen molar-refractivity contribution in [3.8, 4) is 5.75 Å². The second kappa shape index (κ2) is 7.17. The summed E-state index contributed by atoms with van der Waals surface area (Å²) in [7, 11) is 1.71. The van der Waals surface area contributed by atoms with Gasteiger partial charge in [0.2, 0.25) is 0 Å². The first-order valence-electron chi connectivity index (χ1n) is 10.8. The van der Waals surface area contributed by atoms with Crippen LogP contribution < -0.4 is 4.74 Å². The van der Waals surface area contributed by atoms with Crippen molar-refractivity contribution in [2.75, 3.05) is 26.7 Å². The zero-order valence-corrected chi connectivity index (χ0v) is 17.6. The minimum Gasteiger partial charge on any atom is -0.497 e. The average Bonchev–Trinajstić information content (AvgIpc) is 3.19. The molecule has 4 aliphatic rings. The third-order valence-corrected chi connectivity index (χ3v) is 7.42. The topological polar surface area (TPSA) is 32.8 Å². The van der Waals surface area contributed by atoms with E-state index in [0.29, 0.717) is 23.9 Å². The van der Waals surface area contributed by atoms with E-state index in [2.05, 4.69) is 66.1 Å². The summed E-state index contributed by atoms with van der Waals surface area (Å²) in [5.41, 5.74) is 4.42. The van der Waals surface area contributed by atoms with Crippen molar-refractivity contribution in [3.63, 3.8) is 0 Å². The van der Waals surface area contributed by atoms with Crippen molar-refractivity contribution in [2.24, 2.45) is 5.92 Å². The largest absolute Gasteiger partial charge is 0.497 e. The lowest BCUT2D eigenvalue weighted by molar-refractivity contribution is -0.00343. The molecular formula is C25H30N2O2. The Labute approximate surface area is 173 Å². The standard InChI is InChI=1S/C25H30N2O2/c1-16-4-5-17(2)21(14-16)25(28)27-15-22(18-6-8-20(29-3)9-7-18)24-23(27)19-10-12-26(24)13-11-19/h4-9,14,19,22-24H,10-13,15H2,1-3H3/t22-,23+,24+/m0/s1. The molecule has 2 aromatic carbocycles. The van der Waals surface area contributed by atoms with Crippen LogP contribution in [0, 0.1) is 19.8 Å². The maximum atomic E-state index is 13.7. The molecule has 0 unspecified atom stereocenters. The number of hydrogen-bond donors (Lipinski definition) is 0. The summed E-state index contributed by atoms with van der Waals surface area (Å²) in [6.45, 7) is 7.27. The van der Waals surface area contributed by atoms with Gasteiger partial charge in [-0.15, -0.1) is 0 Å². The van der Waals surface area contributed by atoms with Crippen LogP contribution in [0.2, 0.25) is 0 Å². The quantitative estimate of drug-likeness (QED) is 0.794. The Balaban J connectivity index is 1.52. The van der Waals surface area contributed by atoms with Gasteiger partial charge < -0.3 is 9.64 Å². The van der Waals surface area contributed by atoms with Gasteiger partial charge in [-0.2, -0.15) is 0 Å². The summed E-state index contributed by atoms with van der Waals surface area (Å²) >= 11 is 0. The number of carbonyl (C=O) groups is 1. The van der Waals surface area contributed by atoms with Crippen LogP contribution in [0.5, 0.6) is 5.75 Å². The van der Waals surface area contributed by atoms with Crippen molar-refractivity contribution in [2.45, 2.75) is 44.7 Å². The average molecular weight is 391 g/mol. The van der Waals surface area contributed by atoms with Gasteiger partial charge in [0.25, 0.3) is 5.91 Å². The molecule has 4 aliphatic heterocycles. The maximum Gasteiger partial charge on any atom is 0.254 e. The monoisotopic (exact) mass is 390 g/mol. The van der Waals surface area contributed by atoms with E-state index in [0.717, 1.165) is 29.0 Å². The summed E-state index contributed by atoms with van der Waals surface area (Å²) in [4.78, 5) is 18.6. The van der Waals surface area contributed by atoms with Crippen LogP contribution in [0.15, 0.2) is 42.5 Å². The van der Waals surface area contributed by atoms with Gasteiger partial charge in [0.05, 0.1) is 13.2 Å². The molecule has 29 heavy (non-hydrogen) atoms. The first-order chi connectivity index (χ1) is 14.1. The highest BCUT2D eigenvalue weighted by Gasteiger charge is 2.54. The Morgan fingerprint density at radius 1 is 1.00 bits per heavy atom. The second-order valence-electron chi connectivity index (χ2n) is 9.01. The van der Waals surface area contributed by atoms with Gasteiger partial charge in [0, 0.05) is 24.1 Å². The van der Waals surface area contributed by atoms with Gasteiger partial charge in [-0.05, 0) is 75.0 Å². The summed E-state index contributed by atoms with van der Waals surface area (Å²) in [5, 5.41) is 0. The van der Waals surface area contributed by atoms with Crippen molar-refractivity contribution in [3.05, 3.63) is 64.7 Å². The first kappa shape index (κ1) is 18.7. The molecule has 0 spiro atoms. The van der Waals surface area contributed by atoms with E-state index < -0.39 is 0 Å². The number of fused-ring (bicyclic) bond motifs is 2. The number of hydrogen-bond acceptors (Lipinski definition) is 3. The SMILES string of the molecule is COc1ccc([C@@H]2CN(C(=O)c3cc(C)ccc3C)[C@@H]3C4CCN(CC4)[C@@H]32)cc1. The number of piperidine rings is 3. The molecular weight excluding hydrogens is 360 g/mol. The van der Waals surface area contributed by atoms with Gasteiger partial charge in [-0.1, -0.05) is 29.8 Å². The highest BCUT2D eigenvalue weighted by atomic mass is 16.5. The first-order valence-corrected chi connectivity index (χ1v) is 10.8. The molecule has 4 heteroatoms. The van der Waals surface area contributed by atoms with E-state index in [-0.39, 0.29) is 5.91 Å². The Morgan fingerprint density at radius 2 is 1.72 bits per heavy atom. The fourth-order valence-corrected chi connectivity index (χ4v) is 5.92. The van der Waals surface area contributed by atoms with E-state index in [1.807, 2.05) is 0 Å². The van der Waals surface area contributed by atoms with Gasteiger partial charge in [-0.3, -0.25) is 9.69 Å². The van der Waals surface area contributed by atoms with E-state index >= 15 is 0 Å². The summed E-state index contributed by atoms with van der Waals surface area (Å²) in [5.74, 6) is 2.09. The van der Waals surface area contributed by atoms with Crippen LogP contribution >= 0.6 is 0 Å². The molecule has 0 N–H and O–H groups in total. The maximum absolute atomic E-state index is 13.7. The summed E-state index contributed by atoms with van der Waals surface area (Å²) in [6.07, 6.45) is 2.43. The second-order valence-corrected chi connectivity index (χ2v) is 9.01. The predicted molar refractivity (Wildman–Crippen MR) is 115 cm³/mol. The molecule has 2 bridgehead atoms. The fraction of sp³-hybridized carbons (Fsp3) is 0.480. The van der Waals surface area contributed by atoms with E-state index in [1.165, 1.54) is 31.5 Å². The molecule has 4 nitrogen and oxygen atoms in total. The zero-order valence-electron chi connectivity index (χ0n) is 17.6. The molecule has 0 saturated carbocycles. The predicted octanol–water partition coefficient (Wildman–Crippen LogP) is 4.01. The minimum absolute atomic E-state index is 0.214. The van der Waals surface area contributed by atoms with Gasteiger partial charge in [0.1, 0.15) is 5.75 Å².